The summed E-state index contributed by atoms with van der Waals surface area (Å²) in [6, 6.07) is 4.57. The number of rotatable bonds is 6. The van der Waals surface area contributed by atoms with Crippen molar-refractivity contribution in [2.45, 2.75) is 38.0 Å². The van der Waals surface area contributed by atoms with Crippen molar-refractivity contribution < 1.29 is 13.2 Å². The highest BCUT2D eigenvalue weighted by Gasteiger charge is 2.27. The van der Waals surface area contributed by atoms with Gasteiger partial charge in [-0.05, 0) is 55.9 Å². The van der Waals surface area contributed by atoms with Crippen molar-refractivity contribution in [2.24, 2.45) is 11.1 Å². The van der Waals surface area contributed by atoms with Crippen molar-refractivity contribution in [1.82, 2.24) is 4.90 Å². The van der Waals surface area contributed by atoms with E-state index < -0.39 is 10.0 Å². The van der Waals surface area contributed by atoms with Crippen LogP contribution in [0.25, 0.3) is 0 Å². The Morgan fingerprint density at radius 3 is 2.52 bits per heavy atom. The molecule has 0 bridgehead atoms. The Morgan fingerprint density at radius 2 is 2.00 bits per heavy atom. The van der Waals surface area contributed by atoms with Gasteiger partial charge in [-0.1, -0.05) is 6.92 Å². The fourth-order valence-electron chi connectivity index (χ4n) is 2.38. The molecule has 1 aliphatic rings. The molecule has 0 aliphatic heterocycles. The van der Waals surface area contributed by atoms with Gasteiger partial charge in [0.2, 0.25) is 10.0 Å². The minimum atomic E-state index is -3.80. The number of amides is 1. The molecule has 0 saturated heterocycles. The van der Waals surface area contributed by atoms with Crippen LogP contribution in [0.3, 0.4) is 0 Å². The number of hydrogen-bond donors (Lipinski definition) is 1. The second-order valence-corrected chi connectivity index (χ2v) is 7.34. The van der Waals surface area contributed by atoms with Crippen molar-refractivity contribution >= 4 is 15.9 Å². The molecular weight excluding hydrogens is 288 g/mol. The number of primary sulfonamides is 1. The van der Waals surface area contributed by atoms with Crippen LogP contribution in [-0.4, -0.2) is 32.3 Å². The predicted molar refractivity (Wildman–Crippen MR) is 81.5 cm³/mol. The Labute approximate surface area is 126 Å². The third-order valence-electron chi connectivity index (χ3n) is 3.58. The Bertz CT molecular complexity index is 636. The van der Waals surface area contributed by atoms with E-state index in [-0.39, 0.29) is 10.8 Å². The monoisotopic (exact) mass is 310 g/mol. The summed E-state index contributed by atoms with van der Waals surface area (Å²) in [7, 11) is -3.80. The van der Waals surface area contributed by atoms with Gasteiger partial charge in [-0.15, -0.1) is 0 Å². The van der Waals surface area contributed by atoms with Gasteiger partial charge in [0.05, 0.1) is 4.90 Å². The lowest BCUT2D eigenvalue weighted by Gasteiger charge is -2.22. The predicted octanol–water partition coefficient (Wildman–Crippen LogP) is 1.90. The number of carbonyl (C=O) groups is 1. The van der Waals surface area contributed by atoms with Crippen molar-refractivity contribution in [2.75, 3.05) is 13.1 Å². The summed E-state index contributed by atoms with van der Waals surface area (Å²) >= 11 is 0. The van der Waals surface area contributed by atoms with E-state index in [0.717, 1.165) is 13.0 Å². The fourth-order valence-corrected chi connectivity index (χ4v) is 3.02. The first-order valence-corrected chi connectivity index (χ1v) is 8.79. The molecule has 1 saturated carbocycles. The van der Waals surface area contributed by atoms with Crippen LogP contribution in [0.1, 0.15) is 42.1 Å². The first kappa shape index (κ1) is 16.0. The van der Waals surface area contributed by atoms with E-state index in [9.17, 15) is 13.2 Å². The molecule has 5 nitrogen and oxygen atoms in total. The highest BCUT2D eigenvalue weighted by atomic mass is 32.2. The molecule has 21 heavy (non-hydrogen) atoms. The standard InChI is InChI=1S/C15H22N2O3S/c1-3-6-17(10-12-4-5-12)15(18)13-7-11(2)8-14(9-13)21(16,19)20/h7-9,12H,3-6,10H2,1-2H3,(H2,16,19,20). The van der Waals surface area contributed by atoms with Gasteiger partial charge < -0.3 is 4.90 Å². The second kappa shape index (κ2) is 6.15. The summed E-state index contributed by atoms with van der Waals surface area (Å²) in [6.07, 6.45) is 3.22. The molecule has 116 valence electrons. The van der Waals surface area contributed by atoms with E-state index in [4.69, 9.17) is 5.14 Å². The van der Waals surface area contributed by atoms with E-state index in [0.29, 0.717) is 23.6 Å². The van der Waals surface area contributed by atoms with Gasteiger partial charge in [0.15, 0.2) is 0 Å². The average Bonchev–Trinajstić information content (AvgIpc) is 3.19. The number of hydrogen-bond acceptors (Lipinski definition) is 3. The second-order valence-electron chi connectivity index (χ2n) is 5.77. The van der Waals surface area contributed by atoms with E-state index in [1.165, 1.54) is 25.0 Å². The molecule has 0 radical (unpaired) electrons. The molecule has 0 aromatic heterocycles. The topological polar surface area (TPSA) is 80.5 Å². The lowest BCUT2D eigenvalue weighted by molar-refractivity contribution is 0.0747. The molecule has 1 fully saturated rings. The van der Waals surface area contributed by atoms with Crippen LogP contribution >= 0.6 is 0 Å². The van der Waals surface area contributed by atoms with Crippen molar-refractivity contribution in [3.8, 4) is 0 Å². The van der Waals surface area contributed by atoms with Crippen LogP contribution in [0.4, 0.5) is 0 Å². The molecule has 1 aromatic carbocycles. The van der Waals surface area contributed by atoms with Crippen LogP contribution in [0.2, 0.25) is 0 Å². The Hall–Kier alpha value is -1.40. The molecule has 1 aliphatic carbocycles. The Balaban J connectivity index is 2.29. The summed E-state index contributed by atoms with van der Waals surface area (Å²) in [5.41, 5.74) is 1.11. The smallest absolute Gasteiger partial charge is 0.253 e. The molecule has 0 spiro atoms. The molecule has 0 heterocycles. The first-order chi connectivity index (χ1) is 9.81. The lowest BCUT2D eigenvalue weighted by atomic mass is 10.1. The zero-order valence-corrected chi connectivity index (χ0v) is 13.3. The maximum Gasteiger partial charge on any atom is 0.253 e. The number of sulfonamides is 1. The van der Waals surface area contributed by atoms with E-state index in [1.807, 2.05) is 11.8 Å². The lowest BCUT2D eigenvalue weighted by Crippen LogP contribution is -2.33. The highest BCUT2D eigenvalue weighted by molar-refractivity contribution is 7.89. The molecule has 2 N–H and O–H groups in total. The minimum absolute atomic E-state index is 0.00581. The van der Waals surface area contributed by atoms with Gasteiger partial charge in [0.25, 0.3) is 5.91 Å². The third kappa shape index (κ3) is 4.28. The molecule has 1 amide bonds. The van der Waals surface area contributed by atoms with E-state index in [1.54, 1.807) is 13.0 Å². The van der Waals surface area contributed by atoms with Crippen LogP contribution in [-0.2, 0) is 10.0 Å². The number of benzene rings is 1. The molecule has 0 unspecified atom stereocenters. The summed E-state index contributed by atoms with van der Waals surface area (Å²) in [6.45, 7) is 5.23. The zero-order valence-electron chi connectivity index (χ0n) is 12.5. The quantitative estimate of drug-likeness (QED) is 0.871. The number of nitrogens with two attached hydrogens (primary N) is 1. The van der Waals surface area contributed by atoms with Gasteiger partial charge >= 0.3 is 0 Å². The molecule has 1 aromatic rings. The Kier molecular flexibility index (Phi) is 4.68. The summed E-state index contributed by atoms with van der Waals surface area (Å²) in [5, 5.41) is 5.17. The van der Waals surface area contributed by atoms with Crippen LogP contribution < -0.4 is 5.14 Å². The SMILES string of the molecule is CCCN(CC1CC1)C(=O)c1cc(C)cc(S(N)(=O)=O)c1. The van der Waals surface area contributed by atoms with Gasteiger partial charge in [0, 0.05) is 18.7 Å². The van der Waals surface area contributed by atoms with E-state index in [2.05, 4.69) is 0 Å². The fraction of sp³-hybridized carbons (Fsp3) is 0.533. The highest BCUT2D eigenvalue weighted by Crippen LogP contribution is 2.30. The van der Waals surface area contributed by atoms with Gasteiger partial charge in [-0.3, -0.25) is 4.79 Å². The summed E-state index contributed by atoms with van der Waals surface area (Å²) < 4.78 is 23.0. The van der Waals surface area contributed by atoms with E-state index >= 15 is 0 Å². The van der Waals surface area contributed by atoms with Crippen LogP contribution in [0.5, 0.6) is 0 Å². The summed E-state index contributed by atoms with van der Waals surface area (Å²) in [4.78, 5) is 14.4. The number of aryl methyl sites for hydroxylation is 1. The minimum Gasteiger partial charge on any atom is -0.338 e. The van der Waals surface area contributed by atoms with Crippen LogP contribution in [0.15, 0.2) is 23.1 Å². The first-order valence-electron chi connectivity index (χ1n) is 7.25. The summed E-state index contributed by atoms with van der Waals surface area (Å²) in [5.74, 6) is 0.486. The molecular formula is C15H22N2O3S. The number of carbonyl (C=O) groups excluding carboxylic acids is 1. The largest absolute Gasteiger partial charge is 0.338 e. The average molecular weight is 310 g/mol. The van der Waals surface area contributed by atoms with Crippen molar-refractivity contribution in [3.05, 3.63) is 29.3 Å². The van der Waals surface area contributed by atoms with Gasteiger partial charge in [-0.2, -0.15) is 0 Å². The molecule has 0 atom stereocenters. The van der Waals surface area contributed by atoms with Crippen LogP contribution in [0, 0.1) is 12.8 Å². The van der Waals surface area contributed by atoms with Crippen molar-refractivity contribution in [3.63, 3.8) is 0 Å². The van der Waals surface area contributed by atoms with Crippen molar-refractivity contribution in [1.29, 1.82) is 0 Å². The number of nitrogens with zero attached hydrogens (tertiary/aromatic N) is 1. The maximum absolute atomic E-state index is 12.6. The normalized spacial score (nSPS) is 15.0. The zero-order chi connectivity index (χ0) is 15.6. The third-order valence-corrected chi connectivity index (χ3v) is 4.48. The Morgan fingerprint density at radius 1 is 1.33 bits per heavy atom. The van der Waals surface area contributed by atoms with Gasteiger partial charge in [-0.25, -0.2) is 13.6 Å². The van der Waals surface area contributed by atoms with Gasteiger partial charge in [0.1, 0.15) is 0 Å². The molecule has 6 heteroatoms. The maximum atomic E-state index is 12.6. The molecule has 2 rings (SSSR count).